The summed E-state index contributed by atoms with van der Waals surface area (Å²) in [6.45, 7) is 13.0. The largest absolute Gasteiger partial charge is 0.298 e. The second-order valence-electron chi connectivity index (χ2n) is 4.34. The van der Waals surface area contributed by atoms with Crippen LogP contribution in [0.3, 0.4) is 0 Å². The molecule has 0 heterocycles. The summed E-state index contributed by atoms with van der Waals surface area (Å²) in [5.41, 5.74) is 0. The second kappa shape index (κ2) is 6.14. The van der Waals surface area contributed by atoms with Crippen molar-refractivity contribution >= 4 is 5.78 Å². The van der Waals surface area contributed by atoms with Crippen LogP contribution in [0.15, 0.2) is 0 Å². The Hall–Kier alpha value is -0.370. The first-order valence-corrected chi connectivity index (χ1v) is 5.22. The number of carbonyl (C=O) groups is 1. The maximum absolute atomic E-state index is 11.5. The Morgan fingerprint density at radius 3 is 2.08 bits per heavy atom. The summed E-state index contributed by atoms with van der Waals surface area (Å²) >= 11 is 0. The minimum atomic E-state index is 0.168. The van der Waals surface area contributed by atoms with Gasteiger partial charge in [0.2, 0.25) is 0 Å². The smallest absolute Gasteiger partial charge is 0.149 e. The van der Waals surface area contributed by atoms with Gasteiger partial charge in [0.1, 0.15) is 5.78 Å². The van der Waals surface area contributed by atoms with Crippen LogP contribution in [-0.2, 0) is 4.79 Å². The average molecular weight is 185 g/mol. The van der Waals surface area contributed by atoms with E-state index in [1.54, 1.807) is 0 Å². The lowest BCUT2D eigenvalue weighted by molar-refractivity contribution is -0.123. The van der Waals surface area contributed by atoms with E-state index >= 15 is 0 Å². The molecular weight excluding hydrogens is 162 g/mol. The van der Waals surface area contributed by atoms with E-state index in [-0.39, 0.29) is 5.92 Å². The second-order valence-corrected chi connectivity index (χ2v) is 4.34. The molecule has 0 radical (unpaired) electrons. The van der Waals surface area contributed by atoms with Crippen molar-refractivity contribution < 1.29 is 4.79 Å². The SMILES string of the molecule is CCN(CC(=O)C(C)C)CC(C)C. The van der Waals surface area contributed by atoms with E-state index in [4.69, 9.17) is 0 Å². The molecule has 0 aromatic heterocycles. The van der Waals surface area contributed by atoms with Crippen molar-refractivity contribution in [2.45, 2.75) is 34.6 Å². The minimum Gasteiger partial charge on any atom is -0.298 e. The van der Waals surface area contributed by atoms with Gasteiger partial charge in [-0.2, -0.15) is 0 Å². The van der Waals surface area contributed by atoms with Gasteiger partial charge in [-0.3, -0.25) is 9.69 Å². The average Bonchev–Trinajstić information content (AvgIpc) is 2.02. The molecule has 0 aromatic carbocycles. The lowest BCUT2D eigenvalue weighted by Crippen LogP contribution is -2.34. The quantitative estimate of drug-likeness (QED) is 0.632. The Labute approximate surface area is 82.3 Å². The van der Waals surface area contributed by atoms with Crippen LogP contribution in [0.25, 0.3) is 0 Å². The van der Waals surface area contributed by atoms with Crippen molar-refractivity contribution in [2.75, 3.05) is 19.6 Å². The highest BCUT2D eigenvalue weighted by molar-refractivity contribution is 5.82. The molecule has 0 unspecified atom stereocenters. The van der Waals surface area contributed by atoms with Gasteiger partial charge >= 0.3 is 0 Å². The van der Waals surface area contributed by atoms with Crippen LogP contribution in [0.1, 0.15) is 34.6 Å². The molecule has 0 saturated carbocycles. The van der Waals surface area contributed by atoms with Gasteiger partial charge in [0.25, 0.3) is 0 Å². The standard InChI is InChI=1S/C11H23NO/c1-6-12(7-9(2)3)8-11(13)10(4)5/h9-10H,6-8H2,1-5H3. The van der Waals surface area contributed by atoms with Gasteiger partial charge in [-0.1, -0.05) is 34.6 Å². The Balaban J connectivity index is 3.90. The first kappa shape index (κ1) is 12.6. The lowest BCUT2D eigenvalue weighted by Gasteiger charge is -2.22. The molecule has 0 amide bonds. The zero-order valence-corrected chi connectivity index (χ0v) is 9.63. The van der Waals surface area contributed by atoms with Gasteiger partial charge in [0.05, 0.1) is 6.54 Å². The number of Topliss-reactive ketones (excluding diaryl/α,β-unsaturated/α-hetero) is 1. The fraction of sp³-hybridized carbons (Fsp3) is 0.909. The number of hydrogen-bond donors (Lipinski definition) is 0. The molecule has 0 atom stereocenters. The third kappa shape index (κ3) is 5.81. The highest BCUT2D eigenvalue weighted by Crippen LogP contribution is 2.01. The van der Waals surface area contributed by atoms with E-state index in [1.165, 1.54) is 0 Å². The number of ketones is 1. The Morgan fingerprint density at radius 2 is 1.77 bits per heavy atom. The van der Waals surface area contributed by atoms with Crippen LogP contribution in [0, 0.1) is 11.8 Å². The topological polar surface area (TPSA) is 20.3 Å². The van der Waals surface area contributed by atoms with Gasteiger partial charge in [0.15, 0.2) is 0 Å². The highest BCUT2D eigenvalue weighted by Gasteiger charge is 2.12. The number of nitrogens with zero attached hydrogens (tertiary/aromatic N) is 1. The summed E-state index contributed by atoms with van der Waals surface area (Å²) in [7, 11) is 0. The highest BCUT2D eigenvalue weighted by atomic mass is 16.1. The van der Waals surface area contributed by atoms with Crippen molar-refractivity contribution in [3.8, 4) is 0 Å². The molecule has 0 aliphatic heterocycles. The van der Waals surface area contributed by atoms with E-state index in [2.05, 4.69) is 25.7 Å². The molecule has 0 saturated heterocycles. The van der Waals surface area contributed by atoms with Crippen molar-refractivity contribution in [1.82, 2.24) is 4.90 Å². The zero-order chi connectivity index (χ0) is 10.4. The molecule has 0 rings (SSSR count). The van der Waals surface area contributed by atoms with Crippen molar-refractivity contribution in [2.24, 2.45) is 11.8 Å². The fourth-order valence-electron chi connectivity index (χ4n) is 1.22. The zero-order valence-electron chi connectivity index (χ0n) is 9.63. The first-order chi connectivity index (χ1) is 5.97. The first-order valence-electron chi connectivity index (χ1n) is 5.22. The maximum atomic E-state index is 11.5. The molecule has 0 aliphatic rings. The summed E-state index contributed by atoms with van der Waals surface area (Å²) in [4.78, 5) is 13.7. The van der Waals surface area contributed by atoms with Gasteiger partial charge in [-0.25, -0.2) is 0 Å². The summed E-state index contributed by atoms with van der Waals surface area (Å²) < 4.78 is 0. The van der Waals surface area contributed by atoms with E-state index in [0.717, 1.165) is 13.1 Å². The van der Waals surface area contributed by atoms with Crippen LogP contribution in [0.4, 0.5) is 0 Å². The third-order valence-electron chi connectivity index (χ3n) is 2.09. The van der Waals surface area contributed by atoms with Gasteiger partial charge in [0, 0.05) is 12.5 Å². The van der Waals surface area contributed by atoms with Crippen LogP contribution >= 0.6 is 0 Å². The Kier molecular flexibility index (Phi) is 5.97. The molecule has 13 heavy (non-hydrogen) atoms. The number of carbonyl (C=O) groups excluding carboxylic acids is 1. The Morgan fingerprint density at radius 1 is 1.23 bits per heavy atom. The van der Waals surface area contributed by atoms with E-state index in [9.17, 15) is 4.79 Å². The fourth-order valence-corrected chi connectivity index (χ4v) is 1.22. The molecular formula is C11H23NO. The summed E-state index contributed by atoms with van der Waals surface area (Å²) in [6, 6.07) is 0. The molecule has 0 spiro atoms. The van der Waals surface area contributed by atoms with Crippen molar-refractivity contribution in [3.63, 3.8) is 0 Å². The molecule has 2 nitrogen and oxygen atoms in total. The summed E-state index contributed by atoms with van der Waals surface area (Å²) in [5, 5.41) is 0. The molecule has 0 bridgehead atoms. The molecule has 0 aliphatic carbocycles. The molecule has 0 fully saturated rings. The normalized spacial score (nSPS) is 11.7. The monoisotopic (exact) mass is 185 g/mol. The number of likely N-dealkylation sites (N-methyl/N-ethyl adjacent to an activating group) is 1. The van der Waals surface area contributed by atoms with Crippen LogP contribution in [-0.4, -0.2) is 30.3 Å². The van der Waals surface area contributed by atoms with E-state index < -0.39 is 0 Å². The predicted molar refractivity (Wildman–Crippen MR) is 56.8 cm³/mol. The minimum absolute atomic E-state index is 0.168. The molecule has 0 N–H and O–H groups in total. The maximum Gasteiger partial charge on any atom is 0.149 e. The van der Waals surface area contributed by atoms with Gasteiger partial charge in [-0.15, -0.1) is 0 Å². The van der Waals surface area contributed by atoms with Crippen molar-refractivity contribution in [1.29, 1.82) is 0 Å². The van der Waals surface area contributed by atoms with E-state index in [1.807, 2.05) is 13.8 Å². The summed E-state index contributed by atoms with van der Waals surface area (Å²) in [5.74, 6) is 1.16. The molecule has 78 valence electrons. The van der Waals surface area contributed by atoms with Crippen LogP contribution in [0.2, 0.25) is 0 Å². The van der Waals surface area contributed by atoms with Gasteiger partial charge < -0.3 is 0 Å². The predicted octanol–water partition coefficient (Wildman–Crippen LogP) is 2.19. The van der Waals surface area contributed by atoms with Crippen LogP contribution < -0.4 is 0 Å². The molecule has 2 heteroatoms. The lowest BCUT2D eigenvalue weighted by atomic mass is 10.1. The Bertz CT molecular complexity index is 152. The van der Waals surface area contributed by atoms with Crippen LogP contribution in [0.5, 0.6) is 0 Å². The number of hydrogen-bond acceptors (Lipinski definition) is 2. The van der Waals surface area contributed by atoms with Gasteiger partial charge in [-0.05, 0) is 12.5 Å². The third-order valence-corrected chi connectivity index (χ3v) is 2.09. The molecule has 0 aromatic rings. The number of rotatable bonds is 6. The summed E-state index contributed by atoms with van der Waals surface area (Å²) in [6.07, 6.45) is 0. The van der Waals surface area contributed by atoms with Crippen molar-refractivity contribution in [3.05, 3.63) is 0 Å². The van der Waals surface area contributed by atoms with E-state index in [0.29, 0.717) is 18.2 Å².